The van der Waals surface area contributed by atoms with Crippen LogP contribution in [0, 0.1) is 0 Å². The third-order valence-electron chi connectivity index (χ3n) is 3.28. The fourth-order valence-corrected chi connectivity index (χ4v) is 2.78. The number of hydrogen-bond donors (Lipinski definition) is 1. The van der Waals surface area contributed by atoms with E-state index in [1.807, 2.05) is 35.8 Å². The molecule has 0 aliphatic rings. The Morgan fingerprint density at radius 3 is 2.70 bits per heavy atom. The number of likely N-dealkylation sites (N-methyl/N-ethyl adjacent to an activating group) is 1. The summed E-state index contributed by atoms with van der Waals surface area (Å²) in [5.41, 5.74) is 0.0773. The van der Waals surface area contributed by atoms with Crippen LogP contribution in [0.4, 0.5) is 13.2 Å². The standard InChI is InChI=1S/C14H17F3N4OS/c1-20(2)11(10-4-6-23-9-10)7-18-13(22)8-21-5-3-12(19-21)14(15,16)17/h3-6,9,11H,7-8H2,1-2H3,(H,18,22)/t11-/m1/s1. The molecule has 0 radical (unpaired) electrons. The van der Waals surface area contributed by atoms with E-state index in [0.29, 0.717) is 6.54 Å². The van der Waals surface area contributed by atoms with E-state index in [-0.39, 0.29) is 18.5 Å². The molecule has 9 heteroatoms. The van der Waals surface area contributed by atoms with Crippen molar-refractivity contribution in [2.75, 3.05) is 20.6 Å². The predicted octanol–water partition coefficient (Wildman–Crippen LogP) is 2.38. The highest BCUT2D eigenvalue weighted by Crippen LogP contribution is 2.27. The Kier molecular flexibility index (Phi) is 5.42. The van der Waals surface area contributed by atoms with E-state index >= 15 is 0 Å². The number of nitrogens with zero attached hydrogens (tertiary/aromatic N) is 3. The van der Waals surface area contributed by atoms with Gasteiger partial charge in [0.05, 0.1) is 6.04 Å². The lowest BCUT2D eigenvalue weighted by molar-refractivity contribution is -0.141. The van der Waals surface area contributed by atoms with E-state index in [9.17, 15) is 18.0 Å². The van der Waals surface area contributed by atoms with Crippen LogP contribution in [0.15, 0.2) is 29.1 Å². The summed E-state index contributed by atoms with van der Waals surface area (Å²) in [6.45, 7) is 0.121. The second-order valence-electron chi connectivity index (χ2n) is 5.24. The van der Waals surface area contributed by atoms with Crippen molar-refractivity contribution in [2.45, 2.75) is 18.8 Å². The van der Waals surface area contributed by atoms with Crippen molar-refractivity contribution in [3.05, 3.63) is 40.3 Å². The summed E-state index contributed by atoms with van der Waals surface area (Å²) in [5, 5.41) is 10.0. The van der Waals surface area contributed by atoms with Gasteiger partial charge in [-0.2, -0.15) is 29.6 Å². The number of aromatic nitrogens is 2. The van der Waals surface area contributed by atoms with E-state index in [1.54, 1.807) is 11.3 Å². The minimum absolute atomic E-state index is 0.00792. The number of carbonyl (C=O) groups excluding carboxylic acids is 1. The first-order valence-electron chi connectivity index (χ1n) is 6.83. The van der Waals surface area contributed by atoms with Crippen LogP contribution in [-0.2, 0) is 17.5 Å². The molecule has 2 aromatic heterocycles. The fraction of sp³-hybridized carbons (Fsp3) is 0.429. The molecule has 1 N–H and O–H groups in total. The number of alkyl halides is 3. The molecule has 0 fully saturated rings. The number of hydrogen-bond acceptors (Lipinski definition) is 4. The third kappa shape index (κ3) is 4.80. The van der Waals surface area contributed by atoms with Gasteiger partial charge in [0.15, 0.2) is 5.69 Å². The van der Waals surface area contributed by atoms with Crippen molar-refractivity contribution in [1.29, 1.82) is 0 Å². The van der Waals surface area contributed by atoms with Gasteiger partial charge < -0.3 is 10.2 Å². The number of carbonyl (C=O) groups is 1. The average molecular weight is 346 g/mol. The molecule has 2 heterocycles. The topological polar surface area (TPSA) is 50.2 Å². The van der Waals surface area contributed by atoms with E-state index in [1.165, 1.54) is 0 Å². The van der Waals surface area contributed by atoms with E-state index in [0.717, 1.165) is 22.5 Å². The van der Waals surface area contributed by atoms with Gasteiger partial charge in [-0.15, -0.1) is 0 Å². The summed E-state index contributed by atoms with van der Waals surface area (Å²) in [6, 6.07) is 2.83. The summed E-state index contributed by atoms with van der Waals surface area (Å²) < 4.78 is 38.4. The molecule has 2 rings (SSSR count). The lowest BCUT2D eigenvalue weighted by atomic mass is 10.1. The Balaban J connectivity index is 1.90. The number of thiophene rings is 1. The van der Waals surface area contributed by atoms with Gasteiger partial charge in [0.25, 0.3) is 0 Å². The molecule has 1 atom stereocenters. The van der Waals surface area contributed by atoms with Crippen molar-refractivity contribution >= 4 is 17.2 Å². The first kappa shape index (κ1) is 17.5. The Bertz CT molecular complexity index is 637. The maximum Gasteiger partial charge on any atom is 0.435 e. The minimum Gasteiger partial charge on any atom is -0.353 e. The molecule has 0 saturated carbocycles. The molecule has 0 aliphatic carbocycles. The summed E-state index contributed by atoms with van der Waals surface area (Å²) >= 11 is 1.57. The third-order valence-corrected chi connectivity index (χ3v) is 3.98. The van der Waals surface area contributed by atoms with Crippen LogP contribution < -0.4 is 5.32 Å². The Morgan fingerprint density at radius 2 is 2.17 bits per heavy atom. The van der Waals surface area contributed by atoms with Crippen LogP contribution in [0.2, 0.25) is 0 Å². The molecule has 0 saturated heterocycles. The van der Waals surface area contributed by atoms with Gasteiger partial charge in [0.2, 0.25) is 5.91 Å². The molecule has 0 unspecified atom stereocenters. The van der Waals surface area contributed by atoms with E-state index < -0.39 is 11.9 Å². The summed E-state index contributed by atoms with van der Waals surface area (Å²) in [6.07, 6.45) is -3.36. The van der Waals surface area contributed by atoms with Crippen molar-refractivity contribution in [3.63, 3.8) is 0 Å². The van der Waals surface area contributed by atoms with Gasteiger partial charge in [-0.1, -0.05) is 0 Å². The van der Waals surface area contributed by atoms with Gasteiger partial charge in [-0.05, 0) is 42.6 Å². The maximum atomic E-state index is 12.5. The van der Waals surface area contributed by atoms with Crippen LogP contribution in [0.1, 0.15) is 17.3 Å². The predicted molar refractivity (Wildman–Crippen MR) is 81.0 cm³/mol. The Morgan fingerprint density at radius 1 is 1.43 bits per heavy atom. The lowest BCUT2D eigenvalue weighted by Crippen LogP contribution is -2.36. The monoisotopic (exact) mass is 346 g/mol. The molecule has 5 nitrogen and oxygen atoms in total. The second kappa shape index (κ2) is 7.14. The van der Waals surface area contributed by atoms with Crippen LogP contribution in [0.3, 0.4) is 0 Å². The lowest BCUT2D eigenvalue weighted by Gasteiger charge is -2.24. The molecular formula is C14H17F3N4OS. The van der Waals surface area contributed by atoms with Crippen molar-refractivity contribution in [3.8, 4) is 0 Å². The molecule has 2 aromatic rings. The SMILES string of the molecule is CN(C)[C@H](CNC(=O)Cn1ccc(C(F)(F)F)n1)c1ccsc1. The zero-order chi connectivity index (χ0) is 17.0. The van der Waals surface area contributed by atoms with Gasteiger partial charge in [0, 0.05) is 12.7 Å². The number of halogens is 3. The van der Waals surface area contributed by atoms with Crippen molar-refractivity contribution < 1.29 is 18.0 Å². The first-order chi connectivity index (χ1) is 10.8. The molecule has 126 valence electrons. The highest BCUT2D eigenvalue weighted by atomic mass is 32.1. The van der Waals surface area contributed by atoms with Crippen molar-refractivity contribution in [2.24, 2.45) is 0 Å². The molecule has 1 amide bonds. The van der Waals surface area contributed by atoms with Gasteiger partial charge >= 0.3 is 6.18 Å². The number of rotatable bonds is 6. The quantitative estimate of drug-likeness (QED) is 0.874. The second-order valence-corrected chi connectivity index (χ2v) is 6.02. The van der Waals surface area contributed by atoms with E-state index in [4.69, 9.17) is 0 Å². The largest absolute Gasteiger partial charge is 0.435 e. The van der Waals surface area contributed by atoms with Gasteiger partial charge in [-0.3, -0.25) is 9.48 Å². The first-order valence-corrected chi connectivity index (χ1v) is 7.77. The molecule has 0 aromatic carbocycles. The van der Waals surface area contributed by atoms with Crippen LogP contribution >= 0.6 is 11.3 Å². The summed E-state index contributed by atoms with van der Waals surface area (Å²) in [7, 11) is 3.80. The van der Waals surface area contributed by atoms with Gasteiger partial charge in [-0.25, -0.2) is 0 Å². The molecule has 23 heavy (non-hydrogen) atoms. The van der Waals surface area contributed by atoms with Crippen LogP contribution in [0.25, 0.3) is 0 Å². The normalized spacial score (nSPS) is 13.3. The summed E-state index contributed by atoms with van der Waals surface area (Å²) in [4.78, 5) is 13.9. The summed E-state index contributed by atoms with van der Waals surface area (Å²) in [5.74, 6) is -0.385. The van der Waals surface area contributed by atoms with Crippen LogP contribution in [0.5, 0.6) is 0 Å². The molecular weight excluding hydrogens is 329 g/mol. The Hall–Kier alpha value is -1.87. The van der Waals surface area contributed by atoms with E-state index in [2.05, 4.69) is 10.4 Å². The zero-order valence-electron chi connectivity index (χ0n) is 12.7. The Labute approximate surface area is 135 Å². The number of amides is 1. The van der Waals surface area contributed by atoms with Gasteiger partial charge in [0.1, 0.15) is 6.54 Å². The zero-order valence-corrected chi connectivity index (χ0v) is 13.5. The highest BCUT2D eigenvalue weighted by Gasteiger charge is 2.33. The molecule has 0 spiro atoms. The van der Waals surface area contributed by atoms with Crippen LogP contribution in [-0.4, -0.2) is 41.2 Å². The molecule has 0 aliphatic heterocycles. The highest BCUT2D eigenvalue weighted by molar-refractivity contribution is 7.07. The van der Waals surface area contributed by atoms with Crippen molar-refractivity contribution in [1.82, 2.24) is 20.0 Å². The average Bonchev–Trinajstić information content (AvgIpc) is 3.09. The minimum atomic E-state index is -4.50. The molecule has 0 bridgehead atoms. The number of nitrogens with one attached hydrogen (secondary N) is 1. The smallest absolute Gasteiger partial charge is 0.353 e. The fourth-order valence-electron chi connectivity index (χ4n) is 2.08. The maximum absolute atomic E-state index is 12.5.